The third-order valence-electron chi connectivity index (χ3n) is 5.49. The van der Waals surface area contributed by atoms with Crippen molar-refractivity contribution in [1.82, 2.24) is 25.1 Å². The normalized spacial score (nSPS) is 16.2. The average Bonchev–Trinajstić information content (AvgIpc) is 3.17. The van der Waals surface area contributed by atoms with Crippen LogP contribution in [0, 0.1) is 19.8 Å². The number of ether oxygens (including phenoxy) is 1. The number of carbonyl (C=O) groups excluding carboxylic acids is 1. The number of piperidine rings is 1. The van der Waals surface area contributed by atoms with Crippen LogP contribution in [0.3, 0.4) is 0 Å². The van der Waals surface area contributed by atoms with E-state index in [9.17, 15) is 4.79 Å². The molecule has 162 valence electrons. The molecule has 3 heterocycles. The summed E-state index contributed by atoms with van der Waals surface area (Å²) in [5.41, 5.74) is 2.66. The van der Waals surface area contributed by atoms with Crippen LogP contribution in [-0.2, 0) is 6.42 Å². The summed E-state index contributed by atoms with van der Waals surface area (Å²) in [5.74, 6) is 3.37. The van der Waals surface area contributed by atoms with Crippen LogP contribution < -0.4 is 10.1 Å². The lowest BCUT2D eigenvalue weighted by atomic mass is 9.92. The number of rotatable bonds is 6. The molecule has 0 bridgehead atoms. The lowest BCUT2D eigenvalue weighted by Gasteiger charge is -2.33. The molecule has 2 N–H and O–H groups in total. The SMILES string of the molecule is COc1ccc(C(=O)N2CCC[C@H](Cc3cc(Nc4cc(C)[nH]n4)nc(C)n3)C2)cc1. The summed E-state index contributed by atoms with van der Waals surface area (Å²) < 4.78 is 5.19. The van der Waals surface area contributed by atoms with Gasteiger partial charge in [0.15, 0.2) is 5.82 Å². The zero-order valence-corrected chi connectivity index (χ0v) is 18.2. The van der Waals surface area contributed by atoms with E-state index in [4.69, 9.17) is 4.74 Å². The summed E-state index contributed by atoms with van der Waals surface area (Å²) in [6, 6.07) is 11.2. The minimum Gasteiger partial charge on any atom is -0.497 e. The van der Waals surface area contributed by atoms with Gasteiger partial charge in [0, 0.05) is 42.2 Å². The van der Waals surface area contributed by atoms with Crippen molar-refractivity contribution < 1.29 is 9.53 Å². The highest BCUT2D eigenvalue weighted by Gasteiger charge is 2.25. The minimum absolute atomic E-state index is 0.0717. The number of likely N-dealkylation sites (tertiary alicyclic amines) is 1. The van der Waals surface area contributed by atoms with Crippen molar-refractivity contribution >= 4 is 17.5 Å². The Bertz CT molecular complexity index is 1050. The highest BCUT2D eigenvalue weighted by Crippen LogP contribution is 2.24. The number of hydrogen-bond acceptors (Lipinski definition) is 6. The van der Waals surface area contributed by atoms with Gasteiger partial charge in [-0.15, -0.1) is 0 Å². The van der Waals surface area contributed by atoms with E-state index in [1.165, 1.54) is 0 Å². The number of nitrogens with zero attached hydrogens (tertiary/aromatic N) is 4. The molecule has 3 aromatic rings. The van der Waals surface area contributed by atoms with Crippen LogP contribution in [0.15, 0.2) is 36.4 Å². The molecule has 1 amide bonds. The molecule has 1 aromatic carbocycles. The smallest absolute Gasteiger partial charge is 0.253 e. The highest BCUT2D eigenvalue weighted by atomic mass is 16.5. The number of carbonyl (C=O) groups is 1. The van der Waals surface area contributed by atoms with Crippen LogP contribution >= 0.6 is 0 Å². The second-order valence-corrected chi connectivity index (χ2v) is 8.04. The number of anilines is 2. The molecule has 2 aromatic heterocycles. The highest BCUT2D eigenvalue weighted by molar-refractivity contribution is 5.94. The van der Waals surface area contributed by atoms with Crippen molar-refractivity contribution in [2.75, 3.05) is 25.5 Å². The summed E-state index contributed by atoms with van der Waals surface area (Å²) in [4.78, 5) is 24.0. The van der Waals surface area contributed by atoms with Crippen molar-refractivity contribution in [3.8, 4) is 5.75 Å². The first-order chi connectivity index (χ1) is 15.0. The zero-order chi connectivity index (χ0) is 21.8. The molecule has 1 saturated heterocycles. The summed E-state index contributed by atoms with van der Waals surface area (Å²) in [5, 5.41) is 10.4. The van der Waals surface area contributed by atoms with Gasteiger partial charge < -0.3 is 15.0 Å². The number of benzene rings is 1. The van der Waals surface area contributed by atoms with Crippen LogP contribution in [0.25, 0.3) is 0 Å². The molecule has 8 nitrogen and oxygen atoms in total. The number of nitrogens with one attached hydrogen (secondary N) is 2. The molecular formula is C23H28N6O2. The molecule has 0 unspecified atom stereocenters. The van der Waals surface area contributed by atoms with E-state index in [2.05, 4.69) is 25.5 Å². The Morgan fingerprint density at radius 3 is 2.71 bits per heavy atom. The maximum atomic E-state index is 13.0. The van der Waals surface area contributed by atoms with Crippen molar-refractivity contribution in [2.24, 2.45) is 5.92 Å². The first-order valence-electron chi connectivity index (χ1n) is 10.6. The lowest BCUT2D eigenvalue weighted by molar-refractivity contribution is 0.0672. The van der Waals surface area contributed by atoms with Gasteiger partial charge >= 0.3 is 0 Å². The van der Waals surface area contributed by atoms with Gasteiger partial charge in [-0.3, -0.25) is 9.89 Å². The zero-order valence-electron chi connectivity index (χ0n) is 18.2. The molecule has 0 saturated carbocycles. The Kier molecular flexibility index (Phi) is 6.16. The monoisotopic (exact) mass is 420 g/mol. The molecule has 0 radical (unpaired) electrons. The number of aromatic nitrogens is 4. The standard InChI is InChI=1S/C23H28N6O2/c1-15-11-22(28-27-15)26-21-13-19(24-16(2)25-21)12-17-5-4-10-29(14-17)23(30)18-6-8-20(31-3)9-7-18/h6-9,11,13,17H,4-5,10,12,14H2,1-3H3,(H2,24,25,26,27,28)/t17-/m1/s1. The fourth-order valence-electron chi connectivity index (χ4n) is 4.04. The topological polar surface area (TPSA) is 96.0 Å². The molecule has 1 aliphatic heterocycles. The van der Waals surface area contributed by atoms with Crippen LogP contribution in [0.4, 0.5) is 11.6 Å². The van der Waals surface area contributed by atoms with Crippen LogP contribution in [0.5, 0.6) is 5.75 Å². The molecule has 1 aliphatic rings. The summed E-state index contributed by atoms with van der Waals surface area (Å²) >= 11 is 0. The van der Waals surface area contributed by atoms with Gasteiger partial charge in [-0.2, -0.15) is 5.10 Å². The summed E-state index contributed by atoms with van der Waals surface area (Å²) in [6.07, 6.45) is 2.88. The predicted octanol–water partition coefficient (Wildman–Crippen LogP) is 3.66. The molecule has 0 aliphatic carbocycles. The Hall–Kier alpha value is -3.42. The van der Waals surface area contributed by atoms with Gasteiger partial charge in [0.05, 0.1) is 7.11 Å². The Morgan fingerprint density at radius 1 is 1.19 bits per heavy atom. The van der Waals surface area contributed by atoms with E-state index in [0.29, 0.717) is 17.3 Å². The minimum atomic E-state index is 0.0717. The fourth-order valence-corrected chi connectivity index (χ4v) is 4.04. The van der Waals surface area contributed by atoms with Crippen molar-refractivity contribution in [1.29, 1.82) is 0 Å². The number of H-pyrrole nitrogens is 1. The number of methoxy groups -OCH3 is 1. The van der Waals surface area contributed by atoms with Crippen molar-refractivity contribution in [3.63, 3.8) is 0 Å². The van der Waals surface area contributed by atoms with Crippen molar-refractivity contribution in [2.45, 2.75) is 33.1 Å². The quantitative estimate of drug-likeness (QED) is 0.632. The molecule has 4 rings (SSSR count). The van der Waals surface area contributed by atoms with E-state index in [-0.39, 0.29) is 5.91 Å². The third kappa shape index (κ3) is 5.20. The maximum Gasteiger partial charge on any atom is 0.253 e. The first-order valence-corrected chi connectivity index (χ1v) is 10.6. The Morgan fingerprint density at radius 2 is 2.00 bits per heavy atom. The van der Waals surface area contributed by atoms with Gasteiger partial charge in [0.2, 0.25) is 0 Å². The van der Waals surface area contributed by atoms with E-state index in [1.807, 2.05) is 55.1 Å². The van der Waals surface area contributed by atoms with Crippen LogP contribution in [-0.4, -0.2) is 51.2 Å². The Balaban J connectivity index is 1.42. The molecule has 31 heavy (non-hydrogen) atoms. The number of amides is 1. The molecule has 8 heteroatoms. The van der Waals surface area contributed by atoms with Gasteiger partial charge in [-0.1, -0.05) is 0 Å². The largest absolute Gasteiger partial charge is 0.497 e. The number of hydrogen-bond donors (Lipinski definition) is 2. The van der Waals surface area contributed by atoms with E-state index >= 15 is 0 Å². The van der Waals surface area contributed by atoms with Gasteiger partial charge in [0.1, 0.15) is 17.4 Å². The van der Waals surface area contributed by atoms with E-state index < -0.39 is 0 Å². The van der Waals surface area contributed by atoms with Gasteiger partial charge in [0.25, 0.3) is 5.91 Å². The average molecular weight is 421 g/mol. The number of aromatic amines is 1. The second kappa shape index (κ2) is 9.16. The van der Waals surface area contributed by atoms with Crippen LogP contribution in [0.2, 0.25) is 0 Å². The maximum absolute atomic E-state index is 13.0. The molecule has 1 fully saturated rings. The Labute approximate surface area is 182 Å². The second-order valence-electron chi connectivity index (χ2n) is 8.04. The number of aryl methyl sites for hydroxylation is 2. The molecule has 1 atom stereocenters. The summed E-state index contributed by atoms with van der Waals surface area (Å²) in [6.45, 7) is 5.37. The molecular weight excluding hydrogens is 392 g/mol. The molecule has 0 spiro atoms. The third-order valence-corrected chi connectivity index (χ3v) is 5.49. The van der Waals surface area contributed by atoms with E-state index in [0.717, 1.165) is 61.1 Å². The lowest BCUT2D eigenvalue weighted by Crippen LogP contribution is -2.40. The fraction of sp³-hybridized carbons (Fsp3) is 0.391. The first kappa shape index (κ1) is 20.8. The van der Waals surface area contributed by atoms with Gasteiger partial charge in [-0.05, 0) is 63.3 Å². The predicted molar refractivity (Wildman–Crippen MR) is 119 cm³/mol. The van der Waals surface area contributed by atoms with Crippen LogP contribution in [0.1, 0.15) is 40.4 Å². The summed E-state index contributed by atoms with van der Waals surface area (Å²) in [7, 11) is 1.62. The van der Waals surface area contributed by atoms with Crippen molar-refractivity contribution in [3.05, 3.63) is 59.2 Å². The van der Waals surface area contributed by atoms with Gasteiger partial charge in [-0.25, -0.2) is 9.97 Å². The van der Waals surface area contributed by atoms with E-state index in [1.54, 1.807) is 7.11 Å².